The molecule has 1 saturated carbocycles. The minimum atomic E-state index is -0.522. The number of pyridine rings is 1. The van der Waals surface area contributed by atoms with Crippen molar-refractivity contribution >= 4 is 29.0 Å². The molecule has 32 heavy (non-hydrogen) atoms. The van der Waals surface area contributed by atoms with Crippen LogP contribution in [0.15, 0.2) is 37.1 Å². The molecule has 164 valence electrons. The van der Waals surface area contributed by atoms with E-state index in [1.54, 1.807) is 30.7 Å². The van der Waals surface area contributed by atoms with Gasteiger partial charge < -0.3 is 20.7 Å². The van der Waals surface area contributed by atoms with Gasteiger partial charge in [-0.3, -0.25) is 9.59 Å². The Balaban J connectivity index is 1.66. The largest absolute Gasteiger partial charge is 0.378 e. The smallest absolute Gasteiger partial charge is 0.278 e. The molecule has 0 spiro atoms. The van der Waals surface area contributed by atoms with Crippen LogP contribution in [0.2, 0.25) is 0 Å². The first-order valence-electron chi connectivity index (χ1n) is 10.00. The first-order chi connectivity index (χ1) is 15.6. The summed E-state index contributed by atoms with van der Waals surface area (Å²) < 4.78 is 5.08. The highest BCUT2D eigenvalue weighted by Gasteiger charge is 2.28. The monoisotopic (exact) mass is 434 g/mol. The van der Waals surface area contributed by atoms with Gasteiger partial charge in [0.25, 0.3) is 11.8 Å². The summed E-state index contributed by atoms with van der Waals surface area (Å²) in [6.45, 7) is 0.236. The Morgan fingerprint density at radius 2 is 1.84 bits per heavy atom. The molecular formula is C21H22N8O3. The van der Waals surface area contributed by atoms with Gasteiger partial charge in [-0.25, -0.2) is 24.9 Å². The normalized spacial score (nSPS) is 12.8. The number of hydrogen-bond acceptors (Lipinski definition) is 9. The highest BCUT2D eigenvalue weighted by molar-refractivity contribution is 6.09. The van der Waals surface area contributed by atoms with Crippen LogP contribution in [0.3, 0.4) is 0 Å². The Morgan fingerprint density at radius 1 is 1.06 bits per heavy atom. The van der Waals surface area contributed by atoms with E-state index in [-0.39, 0.29) is 29.5 Å². The van der Waals surface area contributed by atoms with Crippen molar-refractivity contribution in [3.8, 4) is 0 Å². The van der Waals surface area contributed by atoms with Crippen molar-refractivity contribution < 1.29 is 14.3 Å². The summed E-state index contributed by atoms with van der Waals surface area (Å²) in [5.74, 6) is -0.395. The number of nitrogens with zero attached hydrogens (tertiary/aromatic N) is 5. The van der Waals surface area contributed by atoms with Crippen molar-refractivity contribution in [3.05, 3.63) is 59.8 Å². The molecular weight excluding hydrogens is 412 g/mol. The fourth-order valence-corrected chi connectivity index (χ4v) is 3.03. The van der Waals surface area contributed by atoms with Crippen LogP contribution in [0.1, 0.15) is 51.1 Å². The summed E-state index contributed by atoms with van der Waals surface area (Å²) in [5.41, 5.74) is 2.30. The average Bonchev–Trinajstić information content (AvgIpc) is 3.66. The zero-order valence-corrected chi connectivity index (χ0v) is 17.6. The third-order valence-corrected chi connectivity index (χ3v) is 4.76. The third kappa shape index (κ3) is 4.83. The van der Waals surface area contributed by atoms with E-state index in [9.17, 15) is 9.59 Å². The second-order valence-corrected chi connectivity index (χ2v) is 7.18. The van der Waals surface area contributed by atoms with Gasteiger partial charge in [-0.05, 0) is 25.0 Å². The maximum atomic E-state index is 13.2. The predicted octanol–water partition coefficient (Wildman–Crippen LogP) is 2.04. The van der Waals surface area contributed by atoms with Crippen molar-refractivity contribution in [1.29, 1.82) is 0 Å². The Labute approximate surface area is 184 Å². The quantitative estimate of drug-likeness (QED) is 0.485. The second-order valence-electron chi connectivity index (χ2n) is 7.18. The minimum absolute atomic E-state index is 0.0766. The van der Waals surface area contributed by atoms with Gasteiger partial charge in [-0.1, -0.05) is 0 Å². The molecule has 3 aromatic heterocycles. The van der Waals surface area contributed by atoms with Crippen LogP contribution in [0.5, 0.6) is 0 Å². The van der Waals surface area contributed by atoms with E-state index in [0.29, 0.717) is 17.3 Å². The molecule has 11 heteroatoms. The number of aromatic nitrogens is 5. The highest BCUT2D eigenvalue weighted by atomic mass is 16.5. The van der Waals surface area contributed by atoms with E-state index in [0.717, 1.165) is 18.5 Å². The second kappa shape index (κ2) is 9.43. The van der Waals surface area contributed by atoms with Gasteiger partial charge in [0.2, 0.25) is 0 Å². The number of ether oxygens (including phenoxy) is 1. The van der Waals surface area contributed by atoms with Gasteiger partial charge >= 0.3 is 0 Å². The lowest BCUT2D eigenvalue weighted by Crippen LogP contribution is -2.24. The number of methoxy groups -OCH3 is 1. The third-order valence-electron chi connectivity index (χ3n) is 4.76. The molecule has 4 rings (SSSR count). The topological polar surface area (TPSA) is 144 Å². The van der Waals surface area contributed by atoms with E-state index in [2.05, 4.69) is 40.9 Å². The van der Waals surface area contributed by atoms with E-state index in [4.69, 9.17) is 4.74 Å². The summed E-state index contributed by atoms with van der Waals surface area (Å²) >= 11 is 0. The fraction of sp³-hybridized carbons (Fsp3) is 0.286. The van der Waals surface area contributed by atoms with Crippen LogP contribution in [-0.2, 0) is 11.3 Å². The highest BCUT2D eigenvalue weighted by Crippen LogP contribution is 2.39. The van der Waals surface area contributed by atoms with Crippen LogP contribution in [-0.4, -0.2) is 50.9 Å². The number of hydrogen-bond donors (Lipinski definition) is 3. The lowest BCUT2D eigenvalue weighted by atomic mass is 10.2. The number of nitrogens with one attached hydrogen (secondary N) is 3. The Hall–Kier alpha value is -3.99. The van der Waals surface area contributed by atoms with Gasteiger partial charge in [0.05, 0.1) is 48.0 Å². The van der Waals surface area contributed by atoms with E-state index in [1.807, 2.05) is 0 Å². The number of amides is 2. The lowest BCUT2D eigenvalue weighted by molar-refractivity contribution is 0.0958. The molecule has 3 heterocycles. The summed E-state index contributed by atoms with van der Waals surface area (Å²) in [6.07, 6.45) is 8.22. The molecule has 1 fully saturated rings. The molecule has 3 N–H and O–H groups in total. The van der Waals surface area contributed by atoms with Crippen molar-refractivity contribution in [2.24, 2.45) is 0 Å². The molecule has 0 atom stereocenters. The van der Waals surface area contributed by atoms with Crippen molar-refractivity contribution in [2.45, 2.75) is 25.4 Å². The zero-order chi connectivity index (χ0) is 22.5. The van der Waals surface area contributed by atoms with Gasteiger partial charge in [0.1, 0.15) is 6.33 Å². The van der Waals surface area contributed by atoms with Crippen molar-refractivity contribution in [3.63, 3.8) is 0 Å². The van der Waals surface area contributed by atoms with Crippen LogP contribution in [0, 0.1) is 0 Å². The molecule has 0 radical (unpaired) electrons. The zero-order valence-electron chi connectivity index (χ0n) is 17.6. The number of carbonyl (C=O) groups excluding carboxylic acids is 2. The van der Waals surface area contributed by atoms with Gasteiger partial charge in [0.15, 0.2) is 17.2 Å². The summed E-state index contributed by atoms with van der Waals surface area (Å²) in [6, 6.07) is 3.29. The molecule has 0 aromatic carbocycles. The molecule has 0 bridgehead atoms. The number of rotatable bonds is 8. The Kier molecular flexibility index (Phi) is 6.26. The van der Waals surface area contributed by atoms with Crippen LogP contribution < -0.4 is 16.0 Å². The molecule has 0 saturated heterocycles. The van der Waals surface area contributed by atoms with Crippen molar-refractivity contribution in [2.75, 3.05) is 24.8 Å². The number of anilines is 3. The van der Waals surface area contributed by atoms with E-state index in [1.165, 1.54) is 20.5 Å². The Bertz CT molecular complexity index is 1140. The molecule has 0 aliphatic heterocycles. The molecule has 1 aliphatic rings. The molecule has 0 unspecified atom stereocenters. The average molecular weight is 434 g/mol. The summed E-state index contributed by atoms with van der Waals surface area (Å²) in [4.78, 5) is 46.8. The molecule has 3 aromatic rings. The lowest BCUT2D eigenvalue weighted by Gasteiger charge is -2.14. The van der Waals surface area contributed by atoms with E-state index >= 15 is 0 Å². The van der Waals surface area contributed by atoms with Crippen LogP contribution in [0.4, 0.5) is 17.2 Å². The SMILES string of the molecule is CNC(=O)c1nc(COC)ccc1NC(=O)c1nc(C2CC2)cnc1Nc1cncnc1. The van der Waals surface area contributed by atoms with Gasteiger partial charge in [0, 0.05) is 20.1 Å². The van der Waals surface area contributed by atoms with Gasteiger partial charge in [-0.15, -0.1) is 0 Å². The molecule has 1 aliphatic carbocycles. The summed E-state index contributed by atoms with van der Waals surface area (Å²) in [5, 5.41) is 8.31. The minimum Gasteiger partial charge on any atom is -0.378 e. The predicted molar refractivity (Wildman–Crippen MR) is 116 cm³/mol. The maximum Gasteiger partial charge on any atom is 0.278 e. The fourth-order valence-electron chi connectivity index (χ4n) is 3.03. The Morgan fingerprint density at radius 3 is 2.53 bits per heavy atom. The maximum absolute atomic E-state index is 13.2. The van der Waals surface area contributed by atoms with E-state index < -0.39 is 11.8 Å². The van der Waals surface area contributed by atoms with Crippen molar-refractivity contribution in [1.82, 2.24) is 30.2 Å². The molecule has 2 amide bonds. The summed E-state index contributed by atoms with van der Waals surface area (Å²) in [7, 11) is 3.03. The van der Waals surface area contributed by atoms with Gasteiger partial charge in [-0.2, -0.15) is 0 Å². The molecule has 11 nitrogen and oxygen atoms in total. The first-order valence-corrected chi connectivity index (χ1v) is 10.00. The van der Waals surface area contributed by atoms with Crippen LogP contribution >= 0.6 is 0 Å². The van der Waals surface area contributed by atoms with Crippen LogP contribution in [0.25, 0.3) is 0 Å². The number of carbonyl (C=O) groups is 2. The standard InChI is InChI=1S/C21H22N8O3/c1-22-20(30)17-15(6-5-13(26-17)10-32-2)29-21(31)18-19(27-14-7-23-11-24-8-14)25-9-16(28-18)12-3-4-12/h5-9,11-12H,3-4,10H2,1-2H3,(H,22,30)(H,25,27)(H,29,31). The first kappa shape index (κ1) is 21.2.